The number of Topliss-reactive ketones (excluding diaryl/α,β-unsaturated/α-hetero) is 1. The van der Waals surface area contributed by atoms with Gasteiger partial charge in [-0.15, -0.1) is 0 Å². The van der Waals surface area contributed by atoms with Crippen LogP contribution in [0.15, 0.2) is 12.2 Å². The van der Waals surface area contributed by atoms with Crippen LogP contribution in [0.3, 0.4) is 0 Å². The van der Waals surface area contributed by atoms with Crippen LogP contribution in [0.2, 0.25) is 0 Å². The van der Waals surface area contributed by atoms with E-state index in [-0.39, 0.29) is 56.5 Å². The zero-order valence-corrected chi connectivity index (χ0v) is 35.2. The predicted octanol–water partition coefficient (Wildman–Crippen LogP) is 2.25. The minimum atomic E-state index is -1.48. The van der Waals surface area contributed by atoms with Gasteiger partial charge < -0.3 is 62.9 Å². The van der Waals surface area contributed by atoms with Gasteiger partial charge in [0.2, 0.25) is 0 Å². The van der Waals surface area contributed by atoms with E-state index in [2.05, 4.69) is 0 Å². The van der Waals surface area contributed by atoms with Crippen LogP contribution >= 0.6 is 0 Å². The Hall–Kier alpha value is -2.38. The van der Waals surface area contributed by atoms with E-state index in [4.69, 9.17) is 37.9 Å². The van der Waals surface area contributed by atoms with Crippen molar-refractivity contribution in [2.24, 2.45) is 17.8 Å². The Morgan fingerprint density at radius 2 is 1.67 bits per heavy atom. The minimum Gasteiger partial charge on any atom is -0.463 e. The first kappa shape index (κ1) is 47.3. The van der Waals surface area contributed by atoms with Gasteiger partial charge in [-0.1, -0.05) is 32.9 Å². The van der Waals surface area contributed by atoms with Crippen molar-refractivity contribution in [1.29, 1.82) is 0 Å². The van der Waals surface area contributed by atoms with Crippen molar-refractivity contribution in [3.63, 3.8) is 0 Å². The second kappa shape index (κ2) is 20.7. The van der Waals surface area contributed by atoms with Crippen LogP contribution < -0.4 is 0 Å². The number of fused-ring (bicyclic) bond motifs is 1. The molecule has 4 aliphatic rings. The topological polar surface area (TPSA) is 209 Å². The fourth-order valence-corrected chi connectivity index (χ4v) is 8.60. The number of epoxide rings is 1. The predicted molar refractivity (Wildman–Crippen MR) is 203 cm³/mol. The number of carbonyl (C=O) groups is 4. The van der Waals surface area contributed by atoms with E-state index in [0.29, 0.717) is 6.42 Å². The van der Waals surface area contributed by atoms with Crippen molar-refractivity contribution >= 4 is 24.0 Å². The van der Waals surface area contributed by atoms with Gasteiger partial charge in [0, 0.05) is 39.2 Å². The summed E-state index contributed by atoms with van der Waals surface area (Å²) in [5.74, 6) is -3.46. The average Bonchev–Trinajstić information content (AvgIpc) is 3.88. The lowest BCUT2D eigenvalue weighted by molar-refractivity contribution is -0.343. The summed E-state index contributed by atoms with van der Waals surface area (Å²) in [6, 6.07) is -0.765. The first-order chi connectivity index (χ1) is 26.8. The summed E-state index contributed by atoms with van der Waals surface area (Å²) in [5.41, 5.74) is -1.48. The van der Waals surface area contributed by atoms with Crippen molar-refractivity contribution in [3.05, 3.63) is 12.2 Å². The highest BCUT2D eigenvalue weighted by Gasteiger charge is 2.53. The molecule has 16 heteroatoms. The van der Waals surface area contributed by atoms with Crippen LogP contribution in [0.4, 0.5) is 0 Å². The molecule has 0 spiro atoms. The molecule has 0 saturated carbocycles. The molecule has 16 nitrogen and oxygen atoms in total. The molecule has 4 heterocycles. The van der Waals surface area contributed by atoms with Crippen molar-refractivity contribution in [2.45, 2.75) is 185 Å². The lowest BCUT2D eigenvalue weighted by atomic mass is 9.79. The molecule has 0 aromatic heterocycles. The molecule has 57 heavy (non-hydrogen) atoms. The number of aliphatic hydroxyl groups is 3. The second-order valence-electron chi connectivity index (χ2n) is 16.7. The largest absolute Gasteiger partial charge is 0.463 e. The van der Waals surface area contributed by atoms with E-state index >= 15 is 0 Å². The van der Waals surface area contributed by atoms with Crippen LogP contribution in [-0.4, -0.2) is 157 Å². The summed E-state index contributed by atoms with van der Waals surface area (Å²) in [7, 11) is 4.91. The molecule has 3 N–H and O–H groups in total. The van der Waals surface area contributed by atoms with Crippen molar-refractivity contribution in [3.8, 4) is 0 Å². The van der Waals surface area contributed by atoms with Crippen LogP contribution in [0.25, 0.3) is 0 Å². The van der Waals surface area contributed by atoms with Crippen molar-refractivity contribution in [1.82, 2.24) is 4.90 Å². The van der Waals surface area contributed by atoms with E-state index in [1.165, 1.54) is 7.11 Å². The van der Waals surface area contributed by atoms with Gasteiger partial charge in [-0.05, 0) is 60.0 Å². The second-order valence-corrected chi connectivity index (χ2v) is 16.7. The monoisotopic (exact) mass is 813 g/mol. The zero-order chi connectivity index (χ0) is 42.4. The molecule has 4 aliphatic heterocycles. The third-order valence-corrected chi connectivity index (χ3v) is 11.8. The maximum absolute atomic E-state index is 13.7. The quantitative estimate of drug-likeness (QED) is 0.112. The highest BCUT2D eigenvalue weighted by Crippen LogP contribution is 2.39. The molecule has 3 saturated heterocycles. The lowest BCUT2D eigenvalue weighted by Gasteiger charge is -2.50. The minimum absolute atomic E-state index is 0.0368. The number of likely N-dealkylation sites (N-methyl/N-ethyl adjacent to an activating group) is 1. The first-order valence-electron chi connectivity index (χ1n) is 20.4. The van der Waals surface area contributed by atoms with Gasteiger partial charge in [-0.2, -0.15) is 0 Å². The third kappa shape index (κ3) is 12.1. The Kier molecular flexibility index (Phi) is 17.2. The van der Waals surface area contributed by atoms with E-state index in [1.807, 2.05) is 6.92 Å². The number of rotatable bonds is 12. The highest BCUT2D eigenvalue weighted by molar-refractivity contribution is 5.85. The number of esters is 2. The SMILES string of the molecule is CCC(=O)O[C@H]1[C@H](C)O[C@@H](O[C@H]2[C@H](N(C)C)[C@@H](O)[C@H](OC3[C@@H](CC=O)C[C@@H](C)[C@@H](O)C=C[C@@H]4O[C@H]4C[C@@H](C)OC(=O)C[C@@H](C(=O)CC)[C@@H]3OC)O[C@@H]2C)C[C@@]1(C)O. The Morgan fingerprint density at radius 3 is 2.26 bits per heavy atom. The standard InChI is InChI=1S/C41H67NO15/c1-11-27(44)26-19-32(47)51-22(4)18-30-29(54-30)14-13-28(45)21(3)17-25(15-16-43)37(38(26)50-10)57-40-35(48)34(42(8)9)36(23(5)53-40)56-33-20-41(7,49)39(24(6)52-33)55-31(46)12-2/h13-14,16,21-26,28-30,33-40,45,48-49H,11-12,15,17-20H2,1-10H3/t21-,22-,23-,24+,25+,26+,28+,29+,30+,33+,34-,35-,36-,37?,38+,39+,40+,41-/m1/s1. The van der Waals surface area contributed by atoms with Crippen molar-refractivity contribution in [2.75, 3.05) is 21.2 Å². The Balaban J connectivity index is 1.66. The number of aldehydes is 1. The Labute approximate surface area is 336 Å². The van der Waals surface area contributed by atoms with Gasteiger partial charge in [0.25, 0.3) is 0 Å². The smallest absolute Gasteiger partial charge is 0.306 e. The van der Waals surface area contributed by atoms with Crippen LogP contribution in [0, 0.1) is 17.8 Å². The number of carbonyl (C=O) groups excluding carboxylic acids is 4. The molecule has 0 amide bonds. The number of methoxy groups -OCH3 is 1. The summed E-state index contributed by atoms with van der Waals surface area (Å²) in [4.78, 5) is 53.3. The number of aliphatic hydroxyl groups excluding tert-OH is 2. The van der Waals surface area contributed by atoms with Gasteiger partial charge in [-0.25, -0.2) is 0 Å². The van der Waals surface area contributed by atoms with E-state index < -0.39 is 109 Å². The number of hydrogen-bond donors (Lipinski definition) is 3. The van der Waals surface area contributed by atoms with E-state index in [9.17, 15) is 34.5 Å². The van der Waals surface area contributed by atoms with Crippen molar-refractivity contribution < 1.29 is 72.4 Å². The number of nitrogens with zero attached hydrogens (tertiary/aromatic N) is 1. The van der Waals surface area contributed by atoms with Gasteiger partial charge in [0.15, 0.2) is 18.7 Å². The summed E-state index contributed by atoms with van der Waals surface area (Å²) in [5, 5.41) is 34.6. The van der Waals surface area contributed by atoms with Gasteiger partial charge in [0.1, 0.15) is 42.1 Å². The van der Waals surface area contributed by atoms with Crippen LogP contribution in [0.5, 0.6) is 0 Å². The molecular formula is C41H67NO15. The number of cyclic esters (lactones) is 1. The van der Waals surface area contributed by atoms with Gasteiger partial charge in [0.05, 0.1) is 55.0 Å². The molecule has 326 valence electrons. The van der Waals surface area contributed by atoms with E-state index in [0.717, 1.165) is 6.29 Å². The summed E-state index contributed by atoms with van der Waals surface area (Å²) < 4.78 is 48.6. The average molecular weight is 814 g/mol. The summed E-state index contributed by atoms with van der Waals surface area (Å²) in [6.45, 7) is 11.9. The first-order valence-corrected chi connectivity index (χ1v) is 20.4. The molecule has 0 bridgehead atoms. The van der Waals surface area contributed by atoms with Crippen LogP contribution in [0.1, 0.15) is 93.4 Å². The van der Waals surface area contributed by atoms with Gasteiger partial charge >= 0.3 is 11.9 Å². The van der Waals surface area contributed by atoms with E-state index in [1.54, 1.807) is 72.7 Å². The zero-order valence-electron chi connectivity index (χ0n) is 35.2. The summed E-state index contributed by atoms with van der Waals surface area (Å²) in [6.07, 6.45) is -6.22. The molecule has 0 aromatic carbocycles. The fraction of sp³-hybridized carbons (Fsp3) is 0.854. The normalized spacial score (nSPS) is 43.5. The van der Waals surface area contributed by atoms with Gasteiger partial charge in [-0.3, -0.25) is 14.4 Å². The molecule has 0 aromatic rings. The third-order valence-electron chi connectivity index (χ3n) is 11.8. The highest BCUT2D eigenvalue weighted by atomic mass is 16.7. The maximum atomic E-state index is 13.7. The number of ether oxygens (including phenoxy) is 8. The summed E-state index contributed by atoms with van der Waals surface area (Å²) >= 11 is 0. The van der Waals surface area contributed by atoms with Crippen LogP contribution in [-0.2, 0) is 57.1 Å². The molecule has 18 atom stereocenters. The molecule has 0 aliphatic carbocycles. The fourth-order valence-electron chi connectivity index (χ4n) is 8.60. The molecule has 0 radical (unpaired) electrons. The lowest BCUT2D eigenvalue weighted by Crippen LogP contribution is -2.66. The molecule has 1 unspecified atom stereocenters. The molecule has 4 rings (SSSR count). The Bertz CT molecular complexity index is 1380. The molecular weight excluding hydrogens is 746 g/mol. The number of hydrogen-bond acceptors (Lipinski definition) is 16. The Morgan fingerprint density at radius 1 is 0.965 bits per heavy atom. The number of ketones is 1. The molecule has 3 fully saturated rings. The maximum Gasteiger partial charge on any atom is 0.306 e.